The molecule has 1 aromatic carbocycles. The molecule has 0 aliphatic rings. The highest BCUT2D eigenvalue weighted by atomic mass is 19.4. The van der Waals surface area contributed by atoms with Gasteiger partial charge in [-0.25, -0.2) is 14.2 Å². The van der Waals surface area contributed by atoms with E-state index >= 15 is 0 Å². The number of likely N-dealkylation sites (N-methyl/N-ethyl adjacent to an activating group) is 1. The molecule has 1 atom stereocenters. The summed E-state index contributed by atoms with van der Waals surface area (Å²) in [6.45, 7) is -0.157. The number of carbonyl (C=O) groups is 3. The molecule has 15 heteroatoms. The van der Waals surface area contributed by atoms with Crippen molar-refractivity contribution in [3.63, 3.8) is 0 Å². The molecule has 3 amide bonds. The van der Waals surface area contributed by atoms with Crippen molar-refractivity contribution in [1.29, 1.82) is 0 Å². The van der Waals surface area contributed by atoms with Crippen molar-refractivity contribution in [2.24, 2.45) is 7.05 Å². The number of aryl methyl sites for hydroxylation is 2. The second-order valence-electron chi connectivity index (χ2n) is 9.69. The van der Waals surface area contributed by atoms with Gasteiger partial charge >= 0.3 is 12.3 Å². The van der Waals surface area contributed by atoms with Gasteiger partial charge in [0.2, 0.25) is 11.8 Å². The van der Waals surface area contributed by atoms with Crippen LogP contribution in [0.15, 0.2) is 47.4 Å². The molecule has 11 nitrogen and oxygen atoms in total. The van der Waals surface area contributed by atoms with Crippen LogP contribution in [0.1, 0.15) is 30.7 Å². The molecule has 0 saturated carbocycles. The molecule has 2 heterocycles. The number of allylic oxidation sites excluding steroid dienone is 1. The number of carbonyl (C=O) groups excluding carboxylic acids is 2. The van der Waals surface area contributed by atoms with E-state index in [2.05, 4.69) is 15.6 Å². The van der Waals surface area contributed by atoms with Crippen molar-refractivity contribution in [2.45, 2.75) is 44.4 Å². The van der Waals surface area contributed by atoms with Crippen LogP contribution in [-0.4, -0.2) is 68.3 Å². The number of anilines is 1. The number of halogens is 4. The summed E-state index contributed by atoms with van der Waals surface area (Å²) in [7, 11) is 4.66. The van der Waals surface area contributed by atoms with Crippen LogP contribution in [-0.2, 0) is 29.6 Å². The molecule has 3 rings (SSSR count). The first-order chi connectivity index (χ1) is 19.7. The van der Waals surface area contributed by atoms with Gasteiger partial charge in [-0.05, 0) is 55.2 Å². The molecular formula is C27H30F4N6O5. The number of fused-ring (bicyclic) bond motifs is 1. The number of hydrogen-bond donors (Lipinski definition) is 3. The summed E-state index contributed by atoms with van der Waals surface area (Å²) in [5, 5.41) is 13.7. The van der Waals surface area contributed by atoms with Gasteiger partial charge in [-0.2, -0.15) is 13.2 Å². The Kier molecular flexibility index (Phi) is 10.1. The normalized spacial score (nSPS) is 12.5. The molecule has 2 aromatic heterocycles. The Morgan fingerprint density at radius 2 is 1.93 bits per heavy atom. The van der Waals surface area contributed by atoms with Crippen LogP contribution in [0.3, 0.4) is 0 Å². The number of amides is 3. The van der Waals surface area contributed by atoms with Gasteiger partial charge in [-0.3, -0.25) is 14.4 Å². The molecule has 0 saturated heterocycles. The maximum absolute atomic E-state index is 14.2. The zero-order valence-electron chi connectivity index (χ0n) is 23.0. The molecule has 3 aromatic rings. The van der Waals surface area contributed by atoms with E-state index < -0.39 is 48.4 Å². The van der Waals surface area contributed by atoms with Gasteiger partial charge in [0.1, 0.15) is 23.4 Å². The summed E-state index contributed by atoms with van der Waals surface area (Å²) >= 11 is 0. The Bertz CT molecular complexity index is 1560. The van der Waals surface area contributed by atoms with Gasteiger partial charge in [-0.1, -0.05) is 6.08 Å². The predicted octanol–water partition coefficient (Wildman–Crippen LogP) is 3.42. The molecule has 0 radical (unpaired) electrons. The van der Waals surface area contributed by atoms with E-state index in [0.717, 1.165) is 12.1 Å². The third-order valence-electron chi connectivity index (χ3n) is 6.33. The number of aromatic nitrogens is 3. The Morgan fingerprint density at radius 3 is 2.57 bits per heavy atom. The van der Waals surface area contributed by atoms with Gasteiger partial charge in [0.05, 0.1) is 17.6 Å². The number of pyridine rings is 1. The zero-order valence-corrected chi connectivity index (χ0v) is 23.0. The first-order valence-corrected chi connectivity index (χ1v) is 12.7. The summed E-state index contributed by atoms with van der Waals surface area (Å²) in [5.41, 5.74) is -0.306. The molecule has 0 aliphatic carbocycles. The minimum atomic E-state index is -4.44. The first-order valence-electron chi connectivity index (χ1n) is 12.7. The van der Waals surface area contributed by atoms with Gasteiger partial charge in [0.25, 0.3) is 5.56 Å². The van der Waals surface area contributed by atoms with Gasteiger partial charge < -0.3 is 29.8 Å². The minimum Gasteiger partial charge on any atom is -0.465 e. The van der Waals surface area contributed by atoms with Crippen molar-refractivity contribution in [3.05, 3.63) is 70.2 Å². The quantitative estimate of drug-likeness (QED) is 0.230. The maximum Gasteiger partial charge on any atom is 0.405 e. The van der Waals surface area contributed by atoms with Crippen LogP contribution in [0.2, 0.25) is 0 Å². The average Bonchev–Trinajstić information content (AvgIpc) is 3.20. The van der Waals surface area contributed by atoms with Crippen LogP contribution in [0.25, 0.3) is 11.0 Å². The number of hydrogen-bond acceptors (Lipinski definition) is 5. The van der Waals surface area contributed by atoms with E-state index in [1.54, 1.807) is 14.1 Å². The standard InChI is InChI=1S/C27H30F4N6O5/c1-35(2)22(38)9-5-4-7-18(33-26(41)42)24(39)32-19-8-6-12-37(25(19)40)15-21-34-23-16(10-11-27(29,30)31)13-17(28)14-20(23)36(21)3/h5-6,8-9,12-14,18,33H,4,7,10-11,15H2,1-3H3,(H,32,39)(H,41,42). The fourth-order valence-corrected chi connectivity index (χ4v) is 4.12. The van der Waals surface area contributed by atoms with Crippen molar-refractivity contribution in [1.82, 2.24) is 24.3 Å². The third kappa shape index (κ3) is 8.41. The molecule has 0 aliphatic heterocycles. The molecule has 0 bridgehead atoms. The van der Waals surface area contributed by atoms with Crippen molar-refractivity contribution < 1.29 is 37.1 Å². The van der Waals surface area contributed by atoms with E-state index in [0.29, 0.717) is 0 Å². The molecule has 3 N–H and O–H groups in total. The van der Waals surface area contributed by atoms with Crippen molar-refractivity contribution >= 4 is 34.6 Å². The zero-order chi connectivity index (χ0) is 31.2. The number of imidazole rings is 1. The van der Waals surface area contributed by atoms with Gasteiger partial charge in [0, 0.05) is 33.8 Å². The highest BCUT2D eigenvalue weighted by Crippen LogP contribution is 2.27. The summed E-state index contributed by atoms with van der Waals surface area (Å²) in [5.74, 6) is -1.55. The number of nitrogens with one attached hydrogen (secondary N) is 2. The van der Waals surface area contributed by atoms with E-state index in [4.69, 9.17) is 5.11 Å². The van der Waals surface area contributed by atoms with Crippen LogP contribution in [0.4, 0.5) is 28.0 Å². The Balaban J connectivity index is 1.81. The van der Waals surface area contributed by atoms with Crippen molar-refractivity contribution in [2.75, 3.05) is 19.4 Å². The third-order valence-corrected chi connectivity index (χ3v) is 6.33. The molecule has 226 valence electrons. The second kappa shape index (κ2) is 13.3. The number of benzene rings is 1. The fraction of sp³-hybridized carbons (Fsp3) is 0.370. The number of alkyl halides is 3. The van der Waals surface area contributed by atoms with E-state index in [-0.39, 0.29) is 53.4 Å². The minimum absolute atomic E-state index is 0.00343. The lowest BCUT2D eigenvalue weighted by Crippen LogP contribution is -2.44. The highest BCUT2D eigenvalue weighted by molar-refractivity contribution is 5.96. The smallest absolute Gasteiger partial charge is 0.405 e. The van der Waals surface area contributed by atoms with E-state index in [9.17, 15) is 36.7 Å². The second-order valence-corrected chi connectivity index (χ2v) is 9.69. The molecule has 1 unspecified atom stereocenters. The molecule has 0 spiro atoms. The van der Waals surface area contributed by atoms with Crippen LogP contribution < -0.4 is 16.2 Å². The Hall–Kier alpha value is -4.69. The van der Waals surface area contributed by atoms with Gasteiger partial charge in [-0.15, -0.1) is 0 Å². The van der Waals surface area contributed by atoms with E-state index in [1.165, 1.54) is 51.6 Å². The topological polar surface area (TPSA) is 139 Å². The lowest BCUT2D eigenvalue weighted by Gasteiger charge is -2.16. The molecular weight excluding hydrogens is 564 g/mol. The monoisotopic (exact) mass is 594 g/mol. The summed E-state index contributed by atoms with van der Waals surface area (Å²) in [6.07, 6.45) is -3.12. The van der Waals surface area contributed by atoms with Crippen LogP contribution >= 0.6 is 0 Å². The SMILES string of the molecule is CN(C)C(=O)C=CCCC(NC(=O)O)C(=O)Nc1cccn(Cc2nc3c(CCC(F)(F)F)cc(F)cc3n2C)c1=O. The highest BCUT2D eigenvalue weighted by Gasteiger charge is 2.28. The van der Waals surface area contributed by atoms with Gasteiger partial charge in [0.15, 0.2) is 0 Å². The Morgan fingerprint density at radius 1 is 1.21 bits per heavy atom. The van der Waals surface area contributed by atoms with Crippen LogP contribution in [0.5, 0.6) is 0 Å². The Labute approximate surface area is 237 Å². The molecule has 0 fully saturated rings. The van der Waals surface area contributed by atoms with Crippen LogP contribution in [0, 0.1) is 5.82 Å². The number of nitrogens with zero attached hydrogens (tertiary/aromatic N) is 4. The van der Waals surface area contributed by atoms with Crippen molar-refractivity contribution in [3.8, 4) is 0 Å². The maximum atomic E-state index is 14.2. The largest absolute Gasteiger partial charge is 0.465 e. The lowest BCUT2D eigenvalue weighted by molar-refractivity contribution is -0.134. The summed E-state index contributed by atoms with van der Waals surface area (Å²) < 4.78 is 55.2. The lowest BCUT2D eigenvalue weighted by atomic mass is 10.1. The fourth-order valence-electron chi connectivity index (χ4n) is 4.12. The summed E-state index contributed by atoms with van der Waals surface area (Å²) in [4.78, 5) is 54.6. The first kappa shape index (κ1) is 31.8. The average molecular weight is 595 g/mol. The molecule has 42 heavy (non-hydrogen) atoms. The number of carboxylic acid groups (broad SMARTS) is 1. The summed E-state index contributed by atoms with van der Waals surface area (Å²) in [6, 6.07) is 3.70. The number of rotatable bonds is 11. The predicted molar refractivity (Wildman–Crippen MR) is 145 cm³/mol. The van der Waals surface area contributed by atoms with E-state index in [1.807, 2.05) is 0 Å².